The van der Waals surface area contributed by atoms with Gasteiger partial charge >= 0.3 is 0 Å². The van der Waals surface area contributed by atoms with Crippen LogP contribution in [0.2, 0.25) is 0 Å². The van der Waals surface area contributed by atoms with Crippen molar-refractivity contribution in [1.29, 1.82) is 0 Å². The summed E-state index contributed by atoms with van der Waals surface area (Å²) >= 11 is 0. The van der Waals surface area contributed by atoms with Gasteiger partial charge in [-0.1, -0.05) is 23.8 Å². The zero-order chi connectivity index (χ0) is 18.2. The van der Waals surface area contributed by atoms with E-state index in [1.54, 1.807) is 19.0 Å². The van der Waals surface area contributed by atoms with Gasteiger partial charge in [0.25, 0.3) is 0 Å². The smallest absolute Gasteiger partial charge is 0.241 e. The van der Waals surface area contributed by atoms with Crippen molar-refractivity contribution >= 4 is 35.8 Å². The predicted molar refractivity (Wildman–Crippen MR) is 116 cm³/mol. The first kappa shape index (κ1) is 22.7. The molecule has 2 N–H and O–H groups in total. The lowest BCUT2D eigenvalue weighted by molar-refractivity contribution is -0.127. The average molecular weight is 474 g/mol. The fourth-order valence-electron chi connectivity index (χ4n) is 2.70. The second-order valence-electron chi connectivity index (χ2n) is 6.75. The Labute approximate surface area is 173 Å². The van der Waals surface area contributed by atoms with Crippen molar-refractivity contribution in [1.82, 2.24) is 15.5 Å². The van der Waals surface area contributed by atoms with Gasteiger partial charge < -0.3 is 20.3 Å². The molecule has 0 aliphatic carbocycles. The summed E-state index contributed by atoms with van der Waals surface area (Å²) in [6, 6.07) is 6.37. The maximum Gasteiger partial charge on any atom is 0.241 e. The quantitative estimate of drug-likeness (QED) is 0.377. The lowest BCUT2D eigenvalue weighted by Crippen LogP contribution is -2.45. The molecule has 1 aromatic rings. The number of halogens is 1. The van der Waals surface area contributed by atoms with E-state index in [0.717, 1.165) is 19.4 Å². The number of hydrogen-bond donors (Lipinski definition) is 2. The van der Waals surface area contributed by atoms with E-state index in [2.05, 4.69) is 47.7 Å². The van der Waals surface area contributed by atoms with Gasteiger partial charge in [-0.25, -0.2) is 4.99 Å². The summed E-state index contributed by atoms with van der Waals surface area (Å²) in [6.45, 7) is 6.51. The van der Waals surface area contributed by atoms with Crippen molar-refractivity contribution in [2.75, 3.05) is 33.8 Å². The Kier molecular flexibility index (Phi) is 9.93. The van der Waals surface area contributed by atoms with Crippen LogP contribution in [0, 0.1) is 13.8 Å². The molecule has 26 heavy (non-hydrogen) atoms. The van der Waals surface area contributed by atoms with E-state index < -0.39 is 0 Å². The molecule has 2 rings (SSSR count). The lowest BCUT2D eigenvalue weighted by Gasteiger charge is -2.17. The number of carbonyl (C=O) groups excluding carboxylic acids is 1. The number of likely N-dealkylation sites (N-methyl/N-ethyl adjacent to an activating group) is 1. The standard InChI is InChI=1S/C19H30N4O2.HI/c1-14-7-8-16(15(2)10-14)11-20-19(22-13-18(24)23(3)4)21-12-17-6-5-9-25-17;/h7-8,10,17H,5-6,9,11-13H2,1-4H3,(H2,20,21,22);1H. The number of hydrogen-bond acceptors (Lipinski definition) is 3. The zero-order valence-electron chi connectivity index (χ0n) is 16.2. The molecule has 1 unspecified atom stereocenters. The van der Waals surface area contributed by atoms with Gasteiger partial charge in [-0.15, -0.1) is 24.0 Å². The van der Waals surface area contributed by atoms with E-state index in [4.69, 9.17) is 4.74 Å². The number of ether oxygens (including phenoxy) is 1. The topological polar surface area (TPSA) is 66.0 Å². The number of nitrogens with zero attached hydrogens (tertiary/aromatic N) is 2. The van der Waals surface area contributed by atoms with Crippen LogP contribution in [-0.2, 0) is 16.1 Å². The summed E-state index contributed by atoms with van der Waals surface area (Å²) in [5.74, 6) is 0.656. The van der Waals surface area contributed by atoms with Crippen LogP contribution in [0.3, 0.4) is 0 Å². The second kappa shape index (κ2) is 11.4. The highest BCUT2D eigenvalue weighted by Crippen LogP contribution is 2.12. The Balaban J connectivity index is 0.00000338. The highest BCUT2D eigenvalue weighted by Gasteiger charge is 2.16. The molecule has 1 saturated heterocycles. The third kappa shape index (κ3) is 7.49. The molecule has 1 amide bonds. The van der Waals surface area contributed by atoms with Gasteiger partial charge in [-0.3, -0.25) is 4.79 Å². The van der Waals surface area contributed by atoms with Crippen molar-refractivity contribution in [2.45, 2.75) is 39.3 Å². The number of aliphatic imine (C=N–C) groups is 1. The van der Waals surface area contributed by atoms with Crippen LogP contribution in [0.4, 0.5) is 0 Å². The van der Waals surface area contributed by atoms with Crippen LogP contribution < -0.4 is 10.6 Å². The lowest BCUT2D eigenvalue weighted by atomic mass is 10.1. The fourth-order valence-corrected chi connectivity index (χ4v) is 2.70. The Bertz CT molecular complexity index is 614. The molecule has 0 spiro atoms. The summed E-state index contributed by atoms with van der Waals surface area (Å²) in [4.78, 5) is 18.0. The third-order valence-electron chi connectivity index (χ3n) is 4.33. The van der Waals surface area contributed by atoms with Crippen molar-refractivity contribution in [3.63, 3.8) is 0 Å². The van der Waals surface area contributed by atoms with Gasteiger partial charge in [0.1, 0.15) is 0 Å². The predicted octanol–water partition coefficient (Wildman–Crippen LogP) is 2.22. The number of guanidine groups is 1. The molecule has 1 aliphatic rings. The first-order valence-corrected chi connectivity index (χ1v) is 8.86. The minimum Gasteiger partial charge on any atom is -0.376 e. The minimum absolute atomic E-state index is 0. The van der Waals surface area contributed by atoms with Crippen LogP contribution in [-0.4, -0.2) is 56.7 Å². The van der Waals surface area contributed by atoms with E-state index in [1.807, 2.05) is 0 Å². The Morgan fingerprint density at radius 3 is 2.69 bits per heavy atom. The summed E-state index contributed by atoms with van der Waals surface area (Å²) in [5.41, 5.74) is 3.66. The zero-order valence-corrected chi connectivity index (χ0v) is 18.5. The summed E-state index contributed by atoms with van der Waals surface area (Å²) < 4.78 is 5.64. The average Bonchev–Trinajstić information content (AvgIpc) is 3.08. The summed E-state index contributed by atoms with van der Waals surface area (Å²) in [5, 5.41) is 6.42. The number of rotatable bonds is 6. The van der Waals surface area contributed by atoms with Crippen molar-refractivity contribution < 1.29 is 9.53 Å². The monoisotopic (exact) mass is 474 g/mol. The highest BCUT2D eigenvalue weighted by molar-refractivity contribution is 14.0. The first-order chi connectivity index (χ1) is 12.0. The molecular weight excluding hydrogens is 443 g/mol. The van der Waals surface area contributed by atoms with Crippen LogP contribution >= 0.6 is 24.0 Å². The maximum absolute atomic E-state index is 11.8. The Morgan fingerprint density at radius 1 is 1.31 bits per heavy atom. The van der Waals surface area contributed by atoms with Crippen LogP contribution in [0.15, 0.2) is 23.2 Å². The fraction of sp³-hybridized carbons (Fsp3) is 0.579. The largest absolute Gasteiger partial charge is 0.376 e. The Hall–Kier alpha value is -1.35. The van der Waals surface area contributed by atoms with E-state index in [-0.39, 0.29) is 42.5 Å². The first-order valence-electron chi connectivity index (χ1n) is 8.86. The number of amides is 1. The molecule has 1 aliphatic heterocycles. The van der Waals surface area contributed by atoms with Gasteiger partial charge in [0, 0.05) is 27.2 Å². The molecule has 0 bridgehead atoms. The molecule has 0 radical (unpaired) electrons. The van der Waals surface area contributed by atoms with E-state index in [0.29, 0.717) is 19.0 Å². The molecule has 7 heteroatoms. The highest BCUT2D eigenvalue weighted by atomic mass is 127. The number of benzene rings is 1. The van der Waals surface area contributed by atoms with Crippen LogP contribution in [0.1, 0.15) is 29.5 Å². The van der Waals surface area contributed by atoms with Gasteiger partial charge in [0.05, 0.1) is 19.2 Å². The molecule has 146 valence electrons. The molecule has 1 aromatic carbocycles. The molecule has 6 nitrogen and oxygen atoms in total. The van der Waals surface area contributed by atoms with Crippen LogP contribution in [0.5, 0.6) is 0 Å². The number of carbonyl (C=O) groups is 1. The van der Waals surface area contributed by atoms with E-state index in [9.17, 15) is 4.79 Å². The number of nitrogens with one attached hydrogen (secondary N) is 2. The van der Waals surface area contributed by atoms with Crippen molar-refractivity contribution in [3.8, 4) is 0 Å². The van der Waals surface area contributed by atoms with Gasteiger partial charge in [-0.2, -0.15) is 0 Å². The molecule has 0 aromatic heterocycles. The summed E-state index contributed by atoms with van der Waals surface area (Å²) in [6.07, 6.45) is 2.39. The Morgan fingerprint density at radius 2 is 2.08 bits per heavy atom. The van der Waals surface area contributed by atoms with E-state index in [1.165, 1.54) is 16.7 Å². The van der Waals surface area contributed by atoms with E-state index >= 15 is 0 Å². The molecule has 1 fully saturated rings. The molecular formula is C19H31IN4O2. The van der Waals surface area contributed by atoms with Gasteiger partial charge in [0.15, 0.2) is 5.96 Å². The minimum atomic E-state index is 0. The number of aryl methyl sites for hydroxylation is 2. The normalized spacial score (nSPS) is 16.8. The van der Waals surface area contributed by atoms with Crippen molar-refractivity contribution in [3.05, 3.63) is 34.9 Å². The SMILES string of the molecule is Cc1ccc(CN=C(NCC(=O)N(C)C)NCC2CCCO2)c(C)c1.I. The van der Waals surface area contributed by atoms with Crippen LogP contribution in [0.25, 0.3) is 0 Å². The van der Waals surface area contributed by atoms with Crippen molar-refractivity contribution in [2.24, 2.45) is 4.99 Å². The molecule has 1 heterocycles. The molecule has 0 saturated carbocycles. The molecule has 1 atom stereocenters. The third-order valence-corrected chi connectivity index (χ3v) is 4.33. The van der Waals surface area contributed by atoms with Gasteiger partial charge in [0.2, 0.25) is 5.91 Å². The van der Waals surface area contributed by atoms with Gasteiger partial charge in [-0.05, 0) is 37.8 Å². The summed E-state index contributed by atoms with van der Waals surface area (Å²) in [7, 11) is 3.49. The second-order valence-corrected chi connectivity index (χ2v) is 6.75. The maximum atomic E-state index is 11.8.